The molecule has 2 aromatic heterocycles. The van der Waals surface area contributed by atoms with Crippen LogP contribution in [-0.4, -0.2) is 25.2 Å². The zero-order valence-corrected chi connectivity index (χ0v) is 16.2. The number of nitrogens with zero attached hydrogens (tertiary/aromatic N) is 5. The molecule has 4 aromatic rings. The Kier molecular flexibility index (Phi) is 4.77. The first-order chi connectivity index (χ1) is 13.1. The Morgan fingerprint density at radius 2 is 1.85 bits per heavy atom. The quantitative estimate of drug-likeness (QED) is 0.476. The van der Waals surface area contributed by atoms with E-state index >= 15 is 0 Å². The van der Waals surface area contributed by atoms with Crippen LogP contribution < -0.4 is 0 Å². The van der Waals surface area contributed by atoms with E-state index in [1.807, 2.05) is 36.4 Å². The van der Waals surface area contributed by atoms with Gasteiger partial charge < -0.3 is 4.42 Å². The molecule has 0 saturated heterocycles. The Labute approximate surface area is 161 Å². The van der Waals surface area contributed by atoms with Gasteiger partial charge in [-0.05, 0) is 60.5 Å². The molecule has 0 bridgehead atoms. The predicted octanol–water partition coefficient (Wildman–Crippen LogP) is 4.53. The number of oxazole rings is 1. The Morgan fingerprint density at radius 3 is 2.67 bits per heavy atom. The van der Waals surface area contributed by atoms with Gasteiger partial charge in [-0.2, -0.15) is 4.68 Å². The summed E-state index contributed by atoms with van der Waals surface area (Å²) in [6.45, 7) is 6.21. The minimum atomic E-state index is 0.625. The average Bonchev–Trinajstić information content (AvgIpc) is 3.32. The van der Waals surface area contributed by atoms with Crippen molar-refractivity contribution in [2.75, 3.05) is 0 Å². The van der Waals surface area contributed by atoms with Gasteiger partial charge in [0.05, 0.1) is 11.4 Å². The van der Waals surface area contributed by atoms with Crippen LogP contribution in [0, 0.1) is 20.8 Å². The van der Waals surface area contributed by atoms with Crippen molar-refractivity contribution in [3.63, 3.8) is 0 Å². The van der Waals surface area contributed by atoms with Crippen LogP contribution in [0.15, 0.2) is 58.3 Å². The predicted molar refractivity (Wildman–Crippen MR) is 105 cm³/mol. The summed E-state index contributed by atoms with van der Waals surface area (Å²) in [5, 5.41) is 12.9. The molecule has 0 atom stereocenters. The molecule has 0 unspecified atom stereocenters. The van der Waals surface area contributed by atoms with E-state index in [9.17, 15) is 0 Å². The molecule has 136 valence electrons. The van der Waals surface area contributed by atoms with Gasteiger partial charge in [-0.25, -0.2) is 4.98 Å². The molecule has 0 radical (unpaired) electrons. The van der Waals surface area contributed by atoms with Crippen molar-refractivity contribution in [2.24, 2.45) is 0 Å². The lowest BCUT2D eigenvalue weighted by molar-refractivity contribution is 0.573. The molecule has 2 heterocycles. The van der Waals surface area contributed by atoms with Crippen molar-refractivity contribution in [3.05, 3.63) is 71.1 Å². The van der Waals surface area contributed by atoms with Crippen molar-refractivity contribution in [2.45, 2.75) is 31.7 Å². The summed E-state index contributed by atoms with van der Waals surface area (Å²) in [4.78, 5) is 4.58. The number of benzene rings is 2. The molecule has 0 saturated carbocycles. The van der Waals surface area contributed by atoms with E-state index in [1.165, 1.54) is 22.9 Å². The fourth-order valence-corrected chi connectivity index (χ4v) is 3.49. The van der Waals surface area contributed by atoms with Gasteiger partial charge in [0, 0.05) is 11.3 Å². The highest BCUT2D eigenvalue weighted by Gasteiger charge is 2.14. The first-order valence-corrected chi connectivity index (χ1v) is 9.59. The zero-order chi connectivity index (χ0) is 18.8. The van der Waals surface area contributed by atoms with Gasteiger partial charge in [0.15, 0.2) is 0 Å². The van der Waals surface area contributed by atoms with E-state index in [-0.39, 0.29) is 0 Å². The maximum Gasteiger partial charge on any atom is 0.226 e. The van der Waals surface area contributed by atoms with Gasteiger partial charge in [-0.15, -0.1) is 5.10 Å². The molecule has 0 N–H and O–H groups in total. The maximum absolute atomic E-state index is 5.63. The summed E-state index contributed by atoms with van der Waals surface area (Å²) < 4.78 is 7.40. The third-order valence-electron chi connectivity index (χ3n) is 4.44. The molecule has 0 aliphatic heterocycles. The van der Waals surface area contributed by atoms with Crippen LogP contribution in [0.1, 0.15) is 22.4 Å². The number of thioether (sulfide) groups is 1. The second-order valence-corrected chi connectivity index (χ2v) is 7.33. The van der Waals surface area contributed by atoms with Crippen LogP contribution in [-0.2, 0) is 5.75 Å². The van der Waals surface area contributed by atoms with Gasteiger partial charge >= 0.3 is 0 Å². The second-order valence-electron chi connectivity index (χ2n) is 6.39. The highest BCUT2D eigenvalue weighted by Crippen LogP contribution is 2.26. The maximum atomic E-state index is 5.63. The lowest BCUT2D eigenvalue weighted by Crippen LogP contribution is -2.02. The Morgan fingerprint density at radius 1 is 1.04 bits per heavy atom. The standard InChI is InChI=1S/C20H19N5OS/c1-13-7-9-16(10-8-13)19-21-17(11-26-19)12-27-20-22-23-24-25(20)18-6-4-5-14(2)15(18)3/h4-11H,12H2,1-3H3. The van der Waals surface area contributed by atoms with Crippen LogP contribution in [0.2, 0.25) is 0 Å². The van der Waals surface area contributed by atoms with E-state index in [0.717, 1.165) is 27.7 Å². The minimum absolute atomic E-state index is 0.625. The average molecular weight is 377 g/mol. The number of hydrogen-bond donors (Lipinski definition) is 0. The molecular formula is C20H19N5OS. The number of tetrazole rings is 1. The van der Waals surface area contributed by atoms with Crippen LogP contribution >= 0.6 is 11.8 Å². The highest BCUT2D eigenvalue weighted by molar-refractivity contribution is 7.98. The molecule has 0 fully saturated rings. The van der Waals surface area contributed by atoms with Crippen LogP contribution in [0.4, 0.5) is 0 Å². The number of rotatable bonds is 5. The zero-order valence-electron chi connectivity index (χ0n) is 15.4. The van der Waals surface area contributed by atoms with Gasteiger partial charge in [0.25, 0.3) is 0 Å². The summed E-state index contributed by atoms with van der Waals surface area (Å²) in [6.07, 6.45) is 1.69. The van der Waals surface area contributed by atoms with E-state index < -0.39 is 0 Å². The number of hydrogen-bond acceptors (Lipinski definition) is 6. The number of aromatic nitrogens is 5. The molecule has 0 aliphatic rings. The fraction of sp³-hybridized carbons (Fsp3) is 0.200. The van der Waals surface area contributed by atoms with E-state index in [1.54, 1.807) is 10.9 Å². The summed E-state index contributed by atoms with van der Waals surface area (Å²) in [7, 11) is 0. The van der Waals surface area contributed by atoms with Crippen molar-refractivity contribution >= 4 is 11.8 Å². The van der Waals surface area contributed by atoms with Crippen molar-refractivity contribution in [1.82, 2.24) is 25.2 Å². The van der Waals surface area contributed by atoms with Gasteiger partial charge in [-0.1, -0.05) is 41.6 Å². The smallest absolute Gasteiger partial charge is 0.226 e. The van der Waals surface area contributed by atoms with Crippen LogP contribution in [0.3, 0.4) is 0 Å². The second kappa shape index (κ2) is 7.36. The van der Waals surface area contributed by atoms with Gasteiger partial charge in [0.2, 0.25) is 11.0 Å². The third kappa shape index (κ3) is 3.64. The molecule has 27 heavy (non-hydrogen) atoms. The van der Waals surface area contributed by atoms with E-state index in [0.29, 0.717) is 11.6 Å². The SMILES string of the molecule is Cc1ccc(-c2nc(CSc3nnnn3-c3cccc(C)c3C)co2)cc1. The lowest BCUT2D eigenvalue weighted by atomic mass is 10.1. The molecule has 0 amide bonds. The van der Waals surface area contributed by atoms with Gasteiger partial charge in [0.1, 0.15) is 6.26 Å². The largest absolute Gasteiger partial charge is 0.444 e. The molecule has 4 rings (SSSR count). The summed E-state index contributed by atoms with van der Waals surface area (Å²) in [5.74, 6) is 1.25. The summed E-state index contributed by atoms with van der Waals surface area (Å²) in [6, 6.07) is 14.2. The fourth-order valence-electron chi connectivity index (χ4n) is 2.73. The third-order valence-corrected chi connectivity index (χ3v) is 5.40. The van der Waals surface area contributed by atoms with Crippen molar-refractivity contribution < 1.29 is 4.42 Å². The molecule has 7 heteroatoms. The Balaban J connectivity index is 1.51. The van der Waals surface area contributed by atoms with Crippen molar-refractivity contribution in [3.8, 4) is 17.1 Å². The van der Waals surface area contributed by atoms with E-state index in [4.69, 9.17) is 4.42 Å². The normalized spacial score (nSPS) is 11.1. The summed E-state index contributed by atoms with van der Waals surface area (Å²) in [5.41, 5.74) is 6.39. The molecule has 0 aliphatic carbocycles. The Hall–Kier alpha value is -2.93. The molecule has 6 nitrogen and oxygen atoms in total. The van der Waals surface area contributed by atoms with E-state index in [2.05, 4.69) is 47.3 Å². The lowest BCUT2D eigenvalue weighted by Gasteiger charge is -2.09. The topological polar surface area (TPSA) is 69.6 Å². The monoisotopic (exact) mass is 377 g/mol. The highest BCUT2D eigenvalue weighted by atomic mass is 32.2. The van der Waals surface area contributed by atoms with Crippen LogP contribution in [0.25, 0.3) is 17.1 Å². The molecule has 0 spiro atoms. The Bertz CT molecular complexity index is 1070. The minimum Gasteiger partial charge on any atom is -0.444 e. The first-order valence-electron chi connectivity index (χ1n) is 8.61. The number of aryl methyl sites for hydroxylation is 2. The summed E-state index contributed by atoms with van der Waals surface area (Å²) >= 11 is 1.53. The van der Waals surface area contributed by atoms with Crippen molar-refractivity contribution in [1.29, 1.82) is 0 Å². The molecular weight excluding hydrogens is 358 g/mol. The van der Waals surface area contributed by atoms with Crippen LogP contribution in [0.5, 0.6) is 0 Å². The first kappa shape index (κ1) is 17.5. The van der Waals surface area contributed by atoms with Gasteiger partial charge in [-0.3, -0.25) is 0 Å². The molecule has 2 aromatic carbocycles.